The molecule has 0 bridgehead atoms. The highest BCUT2D eigenvalue weighted by Gasteiger charge is 1.93. The van der Waals surface area contributed by atoms with Crippen LogP contribution in [0.25, 0.3) is 0 Å². The molecule has 1 aromatic carbocycles. The number of benzene rings is 1. The van der Waals surface area contributed by atoms with E-state index in [-0.39, 0.29) is 6.42 Å². The predicted molar refractivity (Wildman–Crippen MR) is 53.4 cm³/mol. The summed E-state index contributed by atoms with van der Waals surface area (Å²) in [5.41, 5.74) is 1.47. The van der Waals surface area contributed by atoms with E-state index >= 15 is 0 Å². The molecule has 1 aromatic rings. The first kappa shape index (κ1) is 10.0. The Labute approximate surface area is 82.1 Å². The predicted octanol–water partition coefficient (Wildman–Crippen LogP) is 1.44. The standard InChI is InChI=1S/C11H9NO2/c13-8-4-3-6-10-5-1-2-7-11(10)9-12-14/h1-2,5,7-9,14H,4H2. The zero-order chi connectivity index (χ0) is 10.2. The summed E-state index contributed by atoms with van der Waals surface area (Å²) in [6.07, 6.45) is 2.27. The van der Waals surface area contributed by atoms with Gasteiger partial charge in [-0.25, -0.2) is 0 Å². The molecule has 0 saturated heterocycles. The van der Waals surface area contributed by atoms with Gasteiger partial charge in [-0.2, -0.15) is 0 Å². The van der Waals surface area contributed by atoms with Crippen molar-refractivity contribution in [3.05, 3.63) is 35.4 Å². The van der Waals surface area contributed by atoms with Crippen LogP contribution in [-0.4, -0.2) is 17.7 Å². The lowest BCUT2D eigenvalue weighted by Crippen LogP contribution is -1.86. The van der Waals surface area contributed by atoms with Crippen LogP contribution >= 0.6 is 0 Å². The van der Waals surface area contributed by atoms with Gasteiger partial charge in [0.15, 0.2) is 0 Å². The number of aldehydes is 1. The molecule has 0 spiro atoms. The van der Waals surface area contributed by atoms with Crippen LogP contribution in [0, 0.1) is 11.8 Å². The van der Waals surface area contributed by atoms with Gasteiger partial charge >= 0.3 is 0 Å². The number of rotatable bonds is 2. The van der Waals surface area contributed by atoms with Crippen molar-refractivity contribution in [2.45, 2.75) is 6.42 Å². The van der Waals surface area contributed by atoms with Crippen molar-refractivity contribution >= 4 is 12.5 Å². The Hall–Kier alpha value is -2.08. The molecule has 70 valence electrons. The van der Waals surface area contributed by atoms with Crippen molar-refractivity contribution in [1.82, 2.24) is 0 Å². The zero-order valence-corrected chi connectivity index (χ0v) is 7.47. The van der Waals surface area contributed by atoms with Crippen LogP contribution in [0.2, 0.25) is 0 Å². The third-order valence-electron chi connectivity index (χ3n) is 1.57. The Balaban J connectivity index is 2.96. The monoisotopic (exact) mass is 187 g/mol. The topological polar surface area (TPSA) is 49.7 Å². The lowest BCUT2D eigenvalue weighted by atomic mass is 10.1. The Morgan fingerprint density at radius 2 is 2.21 bits per heavy atom. The summed E-state index contributed by atoms with van der Waals surface area (Å²) in [7, 11) is 0. The van der Waals surface area contributed by atoms with Gasteiger partial charge in [0.2, 0.25) is 0 Å². The van der Waals surface area contributed by atoms with E-state index < -0.39 is 0 Å². The number of carbonyl (C=O) groups excluding carboxylic acids is 1. The maximum absolute atomic E-state index is 10.0. The van der Waals surface area contributed by atoms with Gasteiger partial charge in [-0.3, -0.25) is 0 Å². The summed E-state index contributed by atoms with van der Waals surface area (Å²) < 4.78 is 0. The minimum absolute atomic E-state index is 0.213. The lowest BCUT2D eigenvalue weighted by Gasteiger charge is -1.94. The van der Waals surface area contributed by atoms with Gasteiger partial charge in [-0.05, 0) is 6.07 Å². The maximum atomic E-state index is 10.0. The molecule has 0 aromatic heterocycles. The average molecular weight is 187 g/mol. The molecule has 0 unspecified atom stereocenters. The molecule has 0 fully saturated rings. The van der Waals surface area contributed by atoms with E-state index in [2.05, 4.69) is 17.0 Å². The minimum Gasteiger partial charge on any atom is -0.411 e. The third-order valence-corrected chi connectivity index (χ3v) is 1.57. The van der Waals surface area contributed by atoms with Crippen LogP contribution in [0.4, 0.5) is 0 Å². The van der Waals surface area contributed by atoms with Gasteiger partial charge in [-0.15, -0.1) is 0 Å². The fraction of sp³-hybridized carbons (Fsp3) is 0.0909. The van der Waals surface area contributed by atoms with E-state index in [4.69, 9.17) is 5.21 Å². The molecular weight excluding hydrogens is 178 g/mol. The average Bonchev–Trinajstić information content (AvgIpc) is 2.21. The molecule has 3 heteroatoms. The Kier molecular flexibility index (Phi) is 3.96. The normalized spacial score (nSPS) is 9.43. The molecular formula is C11H9NO2. The molecule has 0 saturated carbocycles. The van der Waals surface area contributed by atoms with Crippen LogP contribution in [0.15, 0.2) is 29.4 Å². The summed E-state index contributed by atoms with van der Waals surface area (Å²) in [5.74, 6) is 5.50. The molecule has 1 N–H and O–H groups in total. The second-order valence-electron chi connectivity index (χ2n) is 2.50. The summed E-state index contributed by atoms with van der Waals surface area (Å²) in [4.78, 5) is 10.0. The summed E-state index contributed by atoms with van der Waals surface area (Å²) in [6, 6.07) is 7.24. The van der Waals surface area contributed by atoms with E-state index in [1.807, 2.05) is 12.1 Å². The van der Waals surface area contributed by atoms with Gasteiger partial charge in [0.1, 0.15) is 6.29 Å². The Morgan fingerprint density at radius 1 is 1.43 bits per heavy atom. The van der Waals surface area contributed by atoms with E-state index in [1.165, 1.54) is 6.21 Å². The fourth-order valence-electron chi connectivity index (χ4n) is 0.974. The molecule has 0 aliphatic carbocycles. The molecule has 1 rings (SSSR count). The van der Waals surface area contributed by atoms with Gasteiger partial charge in [0, 0.05) is 11.1 Å². The smallest absolute Gasteiger partial charge is 0.131 e. The second kappa shape index (κ2) is 5.55. The van der Waals surface area contributed by atoms with Gasteiger partial charge in [-0.1, -0.05) is 35.2 Å². The summed E-state index contributed by atoms with van der Waals surface area (Å²) in [6.45, 7) is 0. The van der Waals surface area contributed by atoms with Crippen molar-refractivity contribution in [3.63, 3.8) is 0 Å². The van der Waals surface area contributed by atoms with Crippen molar-refractivity contribution < 1.29 is 10.0 Å². The van der Waals surface area contributed by atoms with Gasteiger partial charge in [0.25, 0.3) is 0 Å². The first-order valence-corrected chi connectivity index (χ1v) is 4.07. The quantitative estimate of drug-likeness (QED) is 0.250. The van der Waals surface area contributed by atoms with E-state index in [0.29, 0.717) is 0 Å². The molecule has 0 aliphatic rings. The highest BCUT2D eigenvalue weighted by atomic mass is 16.4. The highest BCUT2D eigenvalue weighted by Crippen LogP contribution is 2.04. The van der Waals surface area contributed by atoms with Crippen LogP contribution in [0.5, 0.6) is 0 Å². The molecule has 0 amide bonds. The first-order valence-electron chi connectivity index (χ1n) is 4.07. The van der Waals surface area contributed by atoms with Gasteiger partial charge < -0.3 is 10.0 Å². The molecule has 0 radical (unpaired) electrons. The fourth-order valence-corrected chi connectivity index (χ4v) is 0.974. The lowest BCUT2D eigenvalue weighted by molar-refractivity contribution is -0.107. The number of nitrogens with zero attached hydrogens (tertiary/aromatic N) is 1. The molecule has 3 nitrogen and oxygen atoms in total. The number of hydrogen-bond acceptors (Lipinski definition) is 3. The zero-order valence-electron chi connectivity index (χ0n) is 7.47. The molecule has 14 heavy (non-hydrogen) atoms. The van der Waals surface area contributed by atoms with Crippen molar-refractivity contribution in [3.8, 4) is 11.8 Å². The van der Waals surface area contributed by atoms with Crippen LogP contribution in [0.1, 0.15) is 17.5 Å². The second-order valence-corrected chi connectivity index (χ2v) is 2.50. The van der Waals surface area contributed by atoms with Crippen LogP contribution in [-0.2, 0) is 4.79 Å². The molecule has 0 aliphatic heterocycles. The largest absolute Gasteiger partial charge is 0.411 e. The van der Waals surface area contributed by atoms with Crippen molar-refractivity contribution in [1.29, 1.82) is 0 Å². The summed E-state index contributed by atoms with van der Waals surface area (Å²) >= 11 is 0. The van der Waals surface area contributed by atoms with Crippen molar-refractivity contribution in [2.75, 3.05) is 0 Å². The molecule has 0 atom stereocenters. The number of oxime groups is 1. The van der Waals surface area contributed by atoms with Gasteiger partial charge in [0.05, 0.1) is 12.6 Å². The minimum atomic E-state index is 0.213. The van der Waals surface area contributed by atoms with E-state index in [1.54, 1.807) is 12.1 Å². The van der Waals surface area contributed by atoms with Crippen LogP contribution in [0.3, 0.4) is 0 Å². The third kappa shape index (κ3) is 2.76. The van der Waals surface area contributed by atoms with Crippen molar-refractivity contribution in [2.24, 2.45) is 5.16 Å². The Morgan fingerprint density at radius 3 is 2.93 bits per heavy atom. The summed E-state index contributed by atoms with van der Waals surface area (Å²) in [5, 5.41) is 11.3. The SMILES string of the molecule is O=CCC#Cc1ccccc1C=NO. The maximum Gasteiger partial charge on any atom is 0.131 e. The molecule has 0 heterocycles. The van der Waals surface area contributed by atoms with Crippen LogP contribution < -0.4 is 0 Å². The highest BCUT2D eigenvalue weighted by molar-refractivity contribution is 5.83. The van der Waals surface area contributed by atoms with E-state index in [0.717, 1.165) is 17.4 Å². The Bertz CT molecular complexity index is 399. The first-order chi connectivity index (χ1) is 6.88. The number of carbonyl (C=O) groups is 1. The van der Waals surface area contributed by atoms with E-state index in [9.17, 15) is 4.79 Å². The number of hydrogen-bond donors (Lipinski definition) is 1.